The van der Waals surface area contributed by atoms with Crippen molar-refractivity contribution in [3.8, 4) is 5.75 Å². The Labute approximate surface area is 123 Å². The van der Waals surface area contributed by atoms with E-state index in [-0.39, 0.29) is 4.83 Å². The number of halogens is 1. The maximum absolute atomic E-state index is 5.31. The molecule has 0 radical (unpaired) electrons. The zero-order valence-electron chi connectivity index (χ0n) is 11.8. The highest BCUT2D eigenvalue weighted by Gasteiger charge is 2.14. The van der Waals surface area contributed by atoms with E-state index in [2.05, 4.69) is 67.0 Å². The van der Waals surface area contributed by atoms with Crippen molar-refractivity contribution in [2.75, 3.05) is 7.11 Å². The molecule has 19 heavy (non-hydrogen) atoms. The molecule has 0 amide bonds. The number of methoxy groups -OCH3 is 1. The quantitative estimate of drug-likeness (QED) is 0.715. The SMILES string of the molecule is COc1ccc(C(Br)c2cc(C)ccc2C)cc1C. The van der Waals surface area contributed by atoms with Gasteiger partial charge in [-0.1, -0.05) is 51.8 Å². The van der Waals surface area contributed by atoms with Crippen LogP contribution in [0.4, 0.5) is 0 Å². The summed E-state index contributed by atoms with van der Waals surface area (Å²) >= 11 is 3.82. The Morgan fingerprint density at radius 3 is 2.32 bits per heavy atom. The van der Waals surface area contributed by atoms with Crippen LogP contribution in [0.25, 0.3) is 0 Å². The summed E-state index contributed by atoms with van der Waals surface area (Å²) in [5.41, 5.74) is 6.34. The second-order valence-corrected chi connectivity index (χ2v) is 5.87. The van der Waals surface area contributed by atoms with Crippen LogP contribution in [0, 0.1) is 20.8 Å². The number of aryl methyl sites for hydroxylation is 3. The lowest BCUT2D eigenvalue weighted by atomic mass is 9.97. The summed E-state index contributed by atoms with van der Waals surface area (Å²) in [7, 11) is 1.71. The number of benzene rings is 2. The maximum atomic E-state index is 5.31. The lowest BCUT2D eigenvalue weighted by molar-refractivity contribution is 0.411. The van der Waals surface area contributed by atoms with Crippen molar-refractivity contribution in [1.29, 1.82) is 0 Å². The molecule has 0 aliphatic heterocycles. The van der Waals surface area contributed by atoms with E-state index in [1.165, 1.54) is 22.3 Å². The summed E-state index contributed by atoms with van der Waals surface area (Å²) in [5.74, 6) is 0.935. The summed E-state index contributed by atoms with van der Waals surface area (Å²) in [4.78, 5) is 0.219. The van der Waals surface area contributed by atoms with Gasteiger partial charge in [0.15, 0.2) is 0 Å². The first-order chi connectivity index (χ1) is 9.02. The normalized spacial score (nSPS) is 12.3. The van der Waals surface area contributed by atoms with Gasteiger partial charge in [-0.3, -0.25) is 0 Å². The summed E-state index contributed by atoms with van der Waals surface area (Å²) in [6, 6.07) is 12.9. The molecule has 1 nitrogen and oxygen atoms in total. The molecule has 0 fully saturated rings. The van der Waals surface area contributed by atoms with Crippen LogP contribution >= 0.6 is 15.9 Å². The first-order valence-electron chi connectivity index (χ1n) is 6.38. The average Bonchev–Trinajstić information content (AvgIpc) is 2.40. The number of hydrogen-bond acceptors (Lipinski definition) is 1. The van der Waals surface area contributed by atoms with Crippen LogP contribution in [-0.2, 0) is 0 Å². The fourth-order valence-corrected chi connectivity index (χ4v) is 3.05. The Kier molecular flexibility index (Phi) is 4.31. The second kappa shape index (κ2) is 5.79. The van der Waals surface area contributed by atoms with Gasteiger partial charge in [0.1, 0.15) is 5.75 Å². The van der Waals surface area contributed by atoms with Crippen LogP contribution in [-0.4, -0.2) is 7.11 Å². The smallest absolute Gasteiger partial charge is 0.121 e. The number of hydrogen-bond donors (Lipinski definition) is 0. The van der Waals surface area contributed by atoms with E-state index >= 15 is 0 Å². The minimum Gasteiger partial charge on any atom is -0.496 e. The van der Waals surface area contributed by atoms with Crippen molar-refractivity contribution >= 4 is 15.9 Å². The number of alkyl halides is 1. The predicted octanol–water partition coefficient (Wildman–Crippen LogP) is 5.10. The molecule has 0 heterocycles. The van der Waals surface area contributed by atoms with Gasteiger partial charge < -0.3 is 4.74 Å². The Balaban J connectivity index is 2.41. The van der Waals surface area contributed by atoms with Gasteiger partial charge in [0.2, 0.25) is 0 Å². The molecule has 0 saturated heterocycles. The molecule has 0 aromatic heterocycles. The minimum atomic E-state index is 0.219. The predicted molar refractivity (Wildman–Crippen MR) is 84.4 cm³/mol. The third-order valence-electron chi connectivity index (χ3n) is 3.42. The van der Waals surface area contributed by atoms with E-state index in [9.17, 15) is 0 Å². The van der Waals surface area contributed by atoms with Crippen molar-refractivity contribution in [1.82, 2.24) is 0 Å². The number of ether oxygens (including phenoxy) is 1. The van der Waals surface area contributed by atoms with E-state index in [4.69, 9.17) is 4.74 Å². The fourth-order valence-electron chi connectivity index (χ4n) is 2.27. The molecule has 0 N–H and O–H groups in total. The Bertz CT molecular complexity index is 590. The minimum absolute atomic E-state index is 0.219. The van der Waals surface area contributed by atoms with Crippen LogP contribution in [0.5, 0.6) is 5.75 Å². The molecular weight excluding hydrogens is 300 g/mol. The Hall–Kier alpha value is -1.28. The van der Waals surface area contributed by atoms with Gasteiger partial charge >= 0.3 is 0 Å². The van der Waals surface area contributed by atoms with Crippen LogP contribution in [0.2, 0.25) is 0 Å². The third kappa shape index (κ3) is 3.01. The van der Waals surface area contributed by atoms with Crippen molar-refractivity contribution in [2.45, 2.75) is 25.6 Å². The summed E-state index contributed by atoms with van der Waals surface area (Å²) in [6.07, 6.45) is 0. The number of rotatable bonds is 3. The third-order valence-corrected chi connectivity index (χ3v) is 4.44. The van der Waals surface area contributed by atoms with Gasteiger partial charge in [-0.15, -0.1) is 0 Å². The molecule has 0 aliphatic carbocycles. The summed E-state index contributed by atoms with van der Waals surface area (Å²) in [6.45, 7) is 6.35. The molecule has 0 bridgehead atoms. The van der Waals surface area contributed by atoms with Gasteiger partial charge in [0.25, 0.3) is 0 Å². The van der Waals surface area contributed by atoms with Gasteiger partial charge in [0, 0.05) is 0 Å². The monoisotopic (exact) mass is 318 g/mol. The molecule has 100 valence electrons. The first kappa shape index (κ1) is 14.1. The van der Waals surface area contributed by atoms with Crippen molar-refractivity contribution < 1.29 is 4.74 Å². The van der Waals surface area contributed by atoms with E-state index in [0.717, 1.165) is 11.3 Å². The van der Waals surface area contributed by atoms with E-state index in [1.807, 2.05) is 6.07 Å². The summed E-state index contributed by atoms with van der Waals surface area (Å²) in [5, 5.41) is 0. The molecule has 0 spiro atoms. The molecule has 1 atom stereocenters. The second-order valence-electron chi connectivity index (χ2n) is 4.95. The average molecular weight is 319 g/mol. The lowest BCUT2D eigenvalue weighted by Crippen LogP contribution is -1.98. The van der Waals surface area contributed by atoms with E-state index in [0.29, 0.717) is 0 Å². The van der Waals surface area contributed by atoms with Crippen molar-refractivity contribution in [2.24, 2.45) is 0 Å². The van der Waals surface area contributed by atoms with E-state index < -0.39 is 0 Å². The largest absolute Gasteiger partial charge is 0.496 e. The standard InChI is InChI=1S/C17H19BrO/c1-11-5-6-12(2)15(9-11)17(18)14-7-8-16(19-4)13(3)10-14/h5-10,17H,1-4H3. The molecule has 1 unspecified atom stereocenters. The molecule has 2 heteroatoms. The Morgan fingerprint density at radius 1 is 0.947 bits per heavy atom. The van der Waals surface area contributed by atoms with Crippen LogP contribution in [0.3, 0.4) is 0 Å². The molecule has 2 aromatic rings. The van der Waals surface area contributed by atoms with Gasteiger partial charge in [-0.2, -0.15) is 0 Å². The zero-order chi connectivity index (χ0) is 14.0. The van der Waals surface area contributed by atoms with Crippen LogP contribution in [0.15, 0.2) is 36.4 Å². The van der Waals surface area contributed by atoms with Gasteiger partial charge in [-0.25, -0.2) is 0 Å². The molecule has 0 aliphatic rings. The Morgan fingerprint density at radius 2 is 1.68 bits per heavy atom. The van der Waals surface area contributed by atoms with Crippen molar-refractivity contribution in [3.05, 3.63) is 64.2 Å². The highest BCUT2D eigenvalue weighted by molar-refractivity contribution is 9.09. The molecular formula is C17H19BrO. The van der Waals surface area contributed by atoms with Crippen LogP contribution < -0.4 is 4.74 Å². The molecule has 2 aromatic carbocycles. The highest BCUT2D eigenvalue weighted by atomic mass is 79.9. The van der Waals surface area contributed by atoms with Crippen LogP contribution in [0.1, 0.15) is 32.6 Å². The van der Waals surface area contributed by atoms with Crippen molar-refractivity contribution in [3.63, 3.8) is 0 Å². The fraction of sp³-hybridized carbons (Fsp3) is 0.294. The summed E-state index contributed by atoms with van der Waals surface area (Å²) < 4.78 is 5.31. The lowest BCUT2D eigenvalue weighted by Gasteiger charge is -2.16. The van der Waals surface area contributed by atoms with Gasteiger partial charge in [0.05, 0.1) is 11.9 Å². The maximum Gasteiger partial charge on any atom is 0.121 e. The molecule has 2 rings (SSSR count). The van der Waals surface area contributed by atoms with E-state index in [1.54, 1.807) is 7.11 Å². The highest BCUT2D eigenvalue weighted by Crippen LogP contribution is 2.35. The first-order valence-corrected chi connectivity index (χ1v) is 7.30. The zero-order valence-corrected chi connectivity index (χ0v) is 13.4. The molecule has 0 saturated carbocycles. The van der Waals surface area contributed by atoms with Gasteiger partial charge in [-0.05, 0) is 49.1 Å². The topological polar surface area (TPSA) is 9.23 Å².